The van der Waals surface area contributed by atoms with E-state index in [1.807, 2.05) is 52.0 Å². The van der Waals surface area contributed by atoms with Gasteiger partial charge in [0.25, 0.3) is 0 Å². The molecule has 19 heavy (non-hydrogen) atoms. The molecular formula is C15H25NO2S. The Morgan fingerprint density at radius 3 is 2.53 bits per heavy atom. The van der Waals surface area contributed by atoms with Gasteiger partial charge in [-0.05, 0) is 38.8 Å². The molecule has 0 aliphatic carbocycles. The lowest BCUT2D eigenvalue weighted by Crippen LogP contribution is -2.42. The predicted molar refractivity (Wildman–Crippen MR) is 81.7 cm³/mol. The van der Waals surface area contributed by atoms with Crippen LogP contribution < -0.4 is 5.32 Å². The summed E-state index contributed by atoms with van der Waals surface area (Å²) < 4.78 is 12.0. The number of aliphatic hydroxyl groups is 1. The molecule has 1 aromatic rings. The van der Waals surface area contributed by atoms with E-state index in [-0.39, 0.29) is 5.54 Å². The van der Waals surface area contributed by atoms with E-state index in [1.54, 1.807) is 0 Å². The molecule has 0 aliphatic rings. The molecule has 4 heteroatoms. The number of aryl methyl sites for hydroxylation is 1. The van der Waals surface area contributed by atoms with Crippen molar-refractivity contribution in [3.8, 4) is 0 Å². The van der Waals surface area contributed by atoms with Gasteiger partial charge in [-0.15, -0.1) is 0 Å². The summed E-state index contributed by atoms with van der Waals surface area (Å²) in [6, 6.07) is 7.94. The molecule has 1 rings (SSSR count). The zero-order valence-corrected chi connectivity index (χ0v) is 13.1. The first-order valence-electron chi connectivity index (χ1n) is 6.60. The topological polar surface area (TPSA) is 49.3 Å². The van der Waals surface area contributed by atoms with Gasteiger partial charge in [0.1, 0.15) is 0 Å². The SMILES string of the molecule is Cc1ccccc1CS(=O)CC(O)CNC(C)(C)C. The number of hydrogen-bond donors (Lipinski definition) is 2. The van der Waals surface area contributed by atoms with E-state index in [0.29, 0.717) is 18.1 Å². The molecule has 0 amide bonds. The van der Waals surface area contributed by atoms with E-state index in [2.05, 4.69) is 5.32 Å². The number of aliphatic hydroxyl groups excluding tert-OH is 1. The van der Waals surface area contributed by atoms with E-state index in [9.17, 15) is 9.32 Å². The highest BCUT2D eigenvalue weighted by Gasteiger charge is 2.15. The molecule has 3 nitrogen and oxygen atoms in total. The maximum Gasteiger partial charge on any atom is 0.0779 e. The summed E-state index contributed by atoms with van der Waals surface area (Å²) in [7, 11) is -1.03. The molecule has 2 atom stereocenters. The van der Waals surface area contributed by atoms with Crippen molar-refractivity contribution >= 4 is 10.8 Å². The molecular weight excluding hydrogens is 258 g/mol. The molecule has 0 radical (unpaired) electrons. The molecule has 0 saturated carbocycles. The average molecular weight is 283 g/mol. The van der Waals surface area contributed by atoms with E-state index in [1.165, 1.54) is 0 Å². The van der Waals surface area contributed by atoms with Crippen LogP contribution in [0.5, 0.6) is 0 Å². The molecule has 0 aliphatic heterocycles. The third-order valence-corrected chi connectivity index (χ3v) is 4.21. The van der Waals surface area contributed by atoms with Crippen molar-refractivity contribution in [2.24, 2.45) is 0 Å². The first-order valence-corrected chi connectivity index (χ1v) is 8.09. The molecule has 108 valence electrons. The molecule has 2 N–H and O–H groups in total. The minimum Gasteiger partial charge on any atom is -0.391 e. The second-order valence-corrected chi connectivity index (χ2v) is 7.46. The van der Waals surface area contributed by atoms with Gasteiger partial charge in [-0.3, -0.25) is 4.21 Å². The summed E-state index contributed by atoms with van der Waals surface area (Å²) in [4.78, 5) is 0. The quantitative estimate of drug-likeness (QED) is 0.839. The van der Waals surface area contributed by atoms with Crippen molar-refractivity contribution in [2.75, 3.05) is 12.3 Å². The normalized spacial score (nSPS) is 15.2. The highest BCUT2D eigenvalue weighted by molar-refractivity contribution is 7.84. The van der Waals surface area contributed by atoms with Gasteiger partial charge in [0, 0.05) is 28.6 Å². The van der Waals surface area contributed by atoms with Crippen molar-refractivity contribution in [1.82, 2.24) is 5.32 Å². The van der Waals surface area contributed by atoms with Gasteiger partial charge in [0.05, 0.1) is 11.9 Å². The molecule has 0 heterocycles. The molecule has 0 aromatic heterocycles. The zero-order valence-electron chi connectivity index (χ0n) is 12.3. The predicted octanol–water partition coefficient (Wildman–Crippen LogP) is 1.99. The summed E-state index contributed by atoms with van der Waals surface area (Å²) in [5.41, 5.74) is 2.22. The fourth-order valence-corrected chi connectivity index (χ4v) is 3.04. The standard InChI is InChI=1S/C15H25NO2S/c1-12-7-5-6-8-13(12)10-19(18)11-14(17)9-16-15(2,3)4/h5-8,14,16-17H,9-11H2,1-4H3. The van der Waals surface area contributed by atoms with Crippen LogP contribution in [0.15, 0.2) is 24.3 Å². The Labute approximate surface area is 118 Å². The monoisotopic (exact) mass is 283 g/mol. The van der Waals surface area contributed by atoms with Gasteiger partial charge in [-0.1, -0.05) is 24.3 Å². The summed E-state index contributed by atoms with van der Waals surface area (Å²) in [5.74, 6) is 0.830. The van der Waals surface area contributed by atoms with Crippen molar-refractivity contribution < 1.29 is 9.32 Å². The molecule has 0 bridgehead atoms. The molecule has 2 unspecified atom stereocenters. The van der Waals surface area contributed by atoms with Gasteiger partial charge in [0.15, 0.2) is 0 Å². The first kappa shape index (κ1) is 16.3. The van der Waals surface area contributed by atoms with Crippen molar-refractivity contribution in [2.45, 2.75) is 45.1 Å². The fraction of sp³-hybridized carbons (Fsp3) is 0.600. The van der Waals surface area contributed by atoms with Gasteiger partial charge >= 0.3 is 0 Å². The Bertz CT molecular complexity index is 426. The second-order valence-electron chi connectivity index (χ2n) is 5.96. The Morgan fingerprint density at radius 2 is 1.95 bits per heavy atom. The number of β-amino-alcohol motifs (C(OH)–C–C–N with tert-alkyl or cyclic N) is 1. The molecule has 0 saturated heterocycles. The number of nitrogens with one attached hydrogen (secondary N) is 1. The third-order valence-electron chi connectivity index (χ3n) is 2.82. The second kappa shape index (κ2) is 7.17. The van der Waals surface area contributed by atoms with E-state index in [0.717, 1.165) is 11.1 Å². The van der Waals surface area contributed by atoms with Crippen LogP contribution in [0.25, 0.3) is 0 Å². The number of hydrogen-bond acceptors (Lipinski definition) is 3. The molecule has 0 spiro atoms. The maximum atomic E-state index is 12.0. The Kier molecular flexibility index (Phi) is 6.17. The van der Waals surface area contributed by atoms with Crippen LogP contribution in [-0.2, 0) is 16.6 Å². The van der Waals surface area contributed by atoms with Gasteiger partial charge in [0.2, 0.25) is 0 Å². The average Bonchev–Trinajstić information content (AvgIpc) is 2.29. The highest BCUT2D eigenvalue weighted by Crippen LogP contribution is 2.10. The molecule has 1 aromatic carbocycles. The fourth-order valence-electron chi connectivity index (χ4n) is 1.70. The minimum absolute atomic E-state index is 0.0293. The van der Waals surface area contributed by atoms with E-state index >= 15 is 0 Å². The first-order chi connectivity index (χ1) is 8.78. The van der Waals surface area contributed by atoms with Crippen molar-refractivity contribution in [3.63, 3.8) is 0 Å². The lowest BCUT2D eigenvalue weighted by molar-refractivity contribution is 0.182. The lowest BCUT2D eigenvalue weighted by Gasteiger charge is -2.22. The maximum absolute atomic E-state index is 12.0. The highest BCUT2D eigenvalue weighted by atomic mass is 32.2. The van der Waals surface area contributed by atoms with Gasteiger partial charge in [-0.25, -0.2) is 0 Å². The van der Waals surface area contributed by atoms with E-state index < -0.39 is 16.9 Å². The number of rotatable bonds is 6. The number of benzene rings is 1. The van der Waals surface area contributed by atoms with Gasteiger partial charge < -0.3 is 10.4 Å². The Balaban J connectivity index is 2.41. The van der Waals surface area contributed by atoms with Crippen LogP contribution in [0.2, 0.25) is 0 Å². The van der Waals surface area contributed by atoms with Crippen LogP contribution >= 0.6 is 0 Å². The summed E-state index contributed by atoms with van der Waals surface area (Å²) >= 11 is 0. The van der Waals surface area contributed by atoms with E-state index in [4.69, 9.17) is 0 Å². The lowest BCUT2D eigenvalue weighted by atomic mass is 10.1. The van der Waals surface area contributed by atoms with Gasteiger partial charge in [-0.2, -0.15) is 0 Å². The third kappa shape index (κ3) is 6.85. The van der Waals surface area contributed by atoms with Crippen molar-refractivity contribution in [3.05, 3.63) is 35.4 Å². The van der Waals surface area contributed by atoms with Crippen LogP contribution in [0, 0.1) is 6.92 Å². The largest absolute Gasteiger partial charge is 0.391 e. The summed E-state index contributed by atoms with van der Waals surface area (Å²) in [6.45, 7) is 8.63. The smallest absolute Gasteiger partial charge is 0.0779 e. The van der Waals surface area contributed by atoms with Crippen LogP contribution in [0.4, 0.5) is 0 Å². The van der Waals surface area contributed by atoms with Crippen LogP contribution in [0.1, 0.15) is 31.9 Å². The summed E-state index contributed by atoms with van der Waals surface area (Å²) in [6.07, 6.45) is -0.566. The van der Waals surface area contributed by atoms with Crippen LogP contribution in [0.3, 0.4) is 0 Å². The Hall–Kier alpha value is -0.710. The Morgan fingerprint density at radius 1 is 1.32 bits per heavy atom. The summed E-state index contributed by atoms with van der Waals surface area (Å²) in [5, 5.41) is 13.1. The van der Waals surface area contributed by atoms with Crippen LogP contribution in [-0.4, -0.2) is 33.3 Å². The molecule has 0 fully saturated rings. The minimum atomic E-state index is -1.03. The zero-order chi connectivity index (χ0) is 14.5. The van der Waals surface area contributed by atoms with Crippen molar-refractivity contribution in [1.29, 1.82) is 0 Å².